The van der Waals surface area contributed by atoms with E-state index in [2.05, 4.69) is 22.7 Å². The molecule has 0 spiro atoms. The molecule has 1 unspecified atom stereocenters. The van der Waals surface area contributed by atoms with E-state index in [1.165, 1.54) is 19.3 Å². The number of hydrogen-bond acceptors (Lipinski definition) is 2. The van der Waals surface area contributed by atoms with E-state index in [-0.39, 0.29) is 0 Å². The Hall–Kier alpha value is -0.830. The summed E-state index contributed by atoms with van der Waals surface area (Å²) in [6.07, 6.45) is 10.0. The third kappa shape index (κ3) is 2.40. The Morgan fingerprint density at radius 2 is 2.40 bits per heavy atom. The first-order chi connectivity index (χ1) is 7.31. The predicted octanol–water partition coefficient (Wildman–Crippen LogP) is 1.96. The van der Waals surface area contributed by atoms with Crippen LogP contribution in [0.3, 0.4) is 0 Å². The molecule has 1 aromatic heterocycles. The van der Waals surface area contributed by atoms with Crippen molar-refractivity contribution >= 4 is 0 Å². The molecule has 84 valence electrons. The van der Waals surface area contributed by atoms with Crippen LogP contribution in [0.5, 0.6) is 0 Å². The van der Waals surface area contributed by atoms with E-state index in [9.17, 15) is 0 Å². The highest BCUT2D eigenvalue weighted by atomic mass is 15.1. The SMILES string of the molecule is CCCn1ccnc1CC(N)C1CCC1. The highest BCUT2D eigenvalue weighted by Gasteiger charge is 2.25. The predicted molar refractivity (Wildman–Crippen MR) is 61.5 cm³/mol. The Balaban J connectivity index is 1.93. The lowest BCUT2D eigenvalue weighted by atomic mass is 9.79. The number of nitrogens with two attached hydrogens (primary N) is 1. The lowest BCUT2D eigenvalue weighted by molar-refractivity contribution is 0.257. The lowest BCUT2D eigenvalue weighted by Crippen LogP contribution is -2.37. The van der Waals surface area contributed by atoms with E-state index in [1.807, 2.05) is 6.20 Å². The van der Waals surface area contributed by atoms with Crippen LogP contribution in [0.15, 0.2) is 12.4 Å². The fraction of sp³-hybridized carbons (Fsp3) is 0.750. The van der Waals surface area contributed by atoms with E-state index >= 15 is 0 Å². The molecule has 1 atom stereocenters. The molecule has 1 heterocycles. The molecule has 0 bridgehead atoms. The van der Waals surface area contributed by atoms with Gasteiger partial charge in [0, 0.05) is 31.4 Å². The molecular weight excluding hydrogens is 186 g/mol. The molecule has 0 aliphatic heterocycles. The first-order valence-electron chi connectivity index (χ1n) is 6.07. The monoisotopic (exact) mass is 207 g/mol. The van der Waals surface area contributed by atoms with Crippen LogP contribution in [0.4, 0.5) is 0 Å². The summed E-state index contributed by atoms with van der Waals surface area (Å²) in [5, 5.41) is 0. The highest BCUT2D eigenvalue weighted by Crippen LogP contribution is 2.29. The van der Waals surface area contributed by atoms with Gasteiger partial charge in [-0.3, -0.25) is 0 Å². The van der Waals surface area contributed by atoms with Crippen molar-refractivity contribution in [2.24, 2.45) is 11.7 Å². The van der Waals surface area contributed by atoms with Crippen LogP contribution in [-0.2, 0) is 13.0 Å². The van der Waals surface area contributed by atoms with Gasteiger partial charge < -0.3 is 10.3 Å². The molecule has 1 saturated carbocycles. The van der Waals surface area contributed by atoms with E-state index in [4.69, 9.17) is 5.73 Å². The van der Waals surface area contributed by atoms with Gasteiger partial charge in [-0.2, -0.15) is 0 Å². The number of rotatable bonds is 5. The highest BCUT2D eigenvalue weighted by molar-refractivity contribution is 4.97. The number of nitrogens with zero attached hydrogens (tertiary/aromatic N) is 2. The Labute approximate surface area is 91.7 Å². The van der Waals surface area contributed by atoms with Crippen LogP contribution in [-0.4, -0.2) is 15.6 Å². The molecule has 15 heavy (non-hydrogen) atoms. The van der Waals surface area contributed by atoms with Gasteiger partial charge in [-0.05, 0) is 25.2 Å². The van der Waals surface area contributed by atoms with Crippen molar-refractivity contribution in [2.75, 3.05) is 0 Å². The summed E-state index contributed by atoms with van der Waals surface area (Å²) in [5.74, 6) is 1.91. The summed E-state index contributed by atoms with van der Waals surface area (Å²) in [7, 11) is 0. The van der Waals surface area contributed by atoms with Crippen LogP contribution >= 0.6 is 0 Å². The van der Waals surface area contributed by atoms with Crippen molar-refractivity contribution < 1.29 is 0 Å². The molecule has 2 rings (SSSR count). The molecule has 1 aliphatic carbocycles. The molecule has 1 fully saturated rings. The molecule has 1 aliphatic rings. The second-order valence-electron chi connectivity index (χ2n) is 4.60. The maximum Gasteiger partial charge on any atom is 0.110 e. The van der Waals surface area contributed by atoms with Crippen LogP contribution in [0.2, 0.25) is 0 Å². The lowest BCUT2D eigenvalue weighted by Gasteiger charge is -2.31. The average Bonchev–Trinajstić information content (AvgIpc) is 2.50. The summed E-state index contributed by atoms with van der Waals surface area (Å²) >= 11 is 0. The van der Waals surface area contributed by atoms with Gasteiger partial charge in [0.05, 0.1) is 0 Å². The topological polar surface area (TPSA) is 43.8 Å². The Morgan fingerprint density at radius 3 is 3.00 bits per heavy atom. The third-order valence-corrected chi connectivity index (χ3v) is 3.44. The fourth-order valence-electron chi connectivity index (χ4n) is 2.22. The Bertz CT molecular complexity index is 302. The molecule has 3 nitrogen and oxygen atoms in total. The molecule has 0 aromatic carbocycles. The van der Waals surface area contributed by atoms with Gasteiger partial charge in [-0.25, -0.2) is 4.98 Å². The van der Waals surface area contributed by atoms with Crippen LogP contribution in [0.1, 0.15) is 38.4 Å². The Kier molecular flexibility index (Phi) is 3.41. The van der Waals surface area contributed by atoms with Crippen molar-refractivity contribution in [3.63, 3.8) is 0 Å². The number of hydrogen-bond donors (Lipinski definition) is 1. The molecular formula is C12H21N3. The van der Waals surface area contributed by atoms with Crippen LogP contribution in [0, 0.1) is 5.92 Å². The molecule has 2 N–H and O–H groups in total. The fourth-order valence-corrected chi connectivity index (χ4v) is 2.22. The number of aryl methyl sites for hydroxylation is 1. The van der Waals surface area contributed by atoms with Gasteiger partial charge in [0.2, 0.25) is 0 Å². The minimum absolute atomic E-state index is 0.316. The molecule has 0 radical (unpaired) electrons. The zero-order valence-electron chi connectivity index (χ0n) is 9.52. The molecule has 0 saturated heterocycles. The van der Waals surface area contributed by atoms with Gasteiger partial charge in [0.25, 0.3) is 0 Å². The standard InChI is InChI=1S/C12H21N3/c1-2-7-15-8-6-14-12(15)9-11(13)10-4-3-5-10/h6,8,10-11H,2-5,7,9,13H2,1H3. The zero-order chi connectivity index (χ0) is 10.7. The summed E-state index contributed by atoms with van der Waals surface area (Å²) < 4.78 is 2.23. The van der Waals surface area contributed by atoms with Gasteiger partial charge in [0.1, 0.15) is 5.82 Å². The van der Waals surface area contributed by atoms with E-state index in [0.29, 0.717) is 6.04 Å². The van der Waals surface area contributed by atoms with Crippen molar-refractivity contribution in [1.82, 2.24) is 9.55 Å². The molecule has 3 heteroatoms. The average molecular weight is 207 g/mol. The summed E-state index contributed by atoms with van der Waals surface area (Å²) in [6.45, 7) is 3.25. The van der Waals surface area contributed by atoms with E-state index in [0.717, 1.165) is 31.1 Å². The van der Waals surface area contributed by atoms with Crippen LogP contribution in [0.25, 0.3) is 0 Å². The van der Waals surface area contributed by atoms with Crippen molar-refractivity contribution in [3.05, 3.63) is 18.2 Å². The summed E-state index contributed by atoms with van der Waals surface area (Å²) in [4.78, 5) is 4.40. The minimum atomic E-state index is 0.316. The van der Waals surface area contributed by atoms with Gasteiger partial charge in [-0.1, -0.05) is 13.3 Å². The third-order valence-electron chi connectivity index (χ3n) is 3.44. The summed E-state index contributed by atoms with van der Waals surface area (Å²) in [5.41, 5.74) is 6.18. The maximum absolute atomic E-state index is 6.18. The second kappa shape index (κ2) is 4.79. The van der Waals surface area contributed by atoms with Gasteiger partial charge in [0.15, 0.2) is 0 Å². The first-order valence-corrected chi connectivity index (χ1v) is 6.07. The number of aromatic nitrogens is 2. The van der Waals surface area contributed by atoms with Crippen LogP contribution < -0.4 is 5.73 Å². The first kappa shape index (κ1) is 10.7. The summed E-state index contributed by atoms with van der Waals surface area (Å²) in [6, 6.07) is 0.316. The largest absolute Gasteiger partial charge is 0.335 e. The molecule has 1 aromatic rings. The quantitative estimate of drug-likeness (QED) is 0.802. The van der Waals surface area contributed by atoms with Crippen molar-refractivity contribution in [1.29, 1.82) is 0 Å². The molecule has 0 amide bonds. The smallest absolute Gasteiger partial charge is 0.110 e. The Morgan fingerprint density at radius 1 is 1.60 bits per heavy atom. The van der Waals surface area contributed by atoms with E-state index in [1.54, 1.807) is 0 Å². The maximum atomic E-state index is 6.18. The second-order valence-corrected chi connectivity index (χ2v) is 4.60. The van der Waals surface area contributed by atoms with E-state index < -0.39 is 0 Å². The van der Waals surface area contributed by atoms with Crippen molar-refractivity contribution in [3.8, 4) is 0 Å². The van der Waals surface area contributed by atoms with Crippen molar-refractivity contribution in [2.45, 2.75) is 51.6 Å². The normalized spacial score (nSPS) is 18.8. The number of imidazole rings is 1. The minimum Gasteiger partial charge on any atom is -0.335 e. The zero-order valence-corrected chi connectivity index (χ0v) is 9.52. The van der Waals surface area contributed by atoms with Gasteiger partial charge >= 0.3 is 0 Å². The van der Waals surface area contributed by atoms with Gasteiger partial charge in [-0.15, -0.1) is 0 Å².